The first kappa shape index (κ1) is 10.7. The molecule has 2 nitrogen and oxygen atoms in total. The Kier molecular flexibility index (Phi) is 3.92. The molecule has 0 amide bonds. The van der Waals surface area contributed by atoms with E-state index in [-0.39, 0.29) is 12.6 Å². The van der Waals surface area contributed by atoms with Gasteiger partial charge in [-0.3, -0.25) is 0 Å². The molecular weight excluding hydrogens is 286 g/mol. The molecule has 72 valence electrons. The molecule has 0 fully saturated rings. The lowest BCUT2D eigenvalue weighted by atomic mass is 10.2. The number of ether oxygens (including phenoxy) is 2. The molecule has 0 heterocycles. The second kappa shape index (κ2) is 4.76. The van der Waals surface area contributed by atoms with Crippen molar-refractivity contribution in [1.82, 2.24) is 0 Å². The average Bonchev–Trinajstić information content (AvgIpc) is 2.09. The molecule has 0 aliphatic heterocycles. The first-order chi connectivity index (χ1) is 6.15. The molecule has 0 aliphatic rings. The zero-order valence-corrected chi connectivity index (χ0v) is 9.59. The Morgan fingerprint density at radius 2 is 2.15 bits per heavy atom. The minimum absolute atomic E-state index is 0.138. The van der Waals surface area contributed by atoms with Crippen LogP contribution in [0.1, 0.15) is 5.56 Å². The highest BCUT2D eigenvalue weighted by molar-refractivity contribution is 14.1. The van der Waals surface area contributed by atoms with Crippen molar-refractivity contribution in [3.63, 3.8) is 0 Å². The first-order valence-electron chi connectivity index (χ1n) is 3.72. The van der Waals surface area contributed by atoms with Crippen LogP contribution in [0.4, 0.5) is 4.39 Å². The van der Waals surface area contributed by atoms with E-state index in [1.165, 1.54) is 19.2 Å². The first-order valence-corrected chi connectivity index (χ1v) is 4.80. The van der Waals surface area contributed by atoms with Crippen molar-refractivity contribution >= 4 is 22.6 Å². The molecule has 0 saturated carbocycles. The summed E-state index contributed by atoms with van der Waals surface area (Å²) >= 11 is 2.11. The van der Waals surface area contributed by atoms with Crippen LogP contribution in [0.15, 0.2) is 12.1 Å². The summed E-state index contributed by atoms with van der Waals surface area (Å²) in [6.45, 7) is 1.98. The Hall–Kier alpha value is -0.360. The van der Waals surface area contributed by atoms with E-state index in [1.54, 1.807) is 0 Å². The van der Waals surface area contributed by atoms with Gasteiger partial charge in [0.25, 0.3) is 0 Å². The minimum atomic E-state index is -0.288. The largest absolute Gasteiger partial charge is 0.466 e. The van der Waals surface area contributed by atoms with Gasteiger partial charge in [-0.15, -0.1) is 0 Å². The average molecular weight is 296 g/mol. The van der Waals surface area contributed by atoms with E-state index in [4.69, 9.17) is 9.47 Å². The quantitative estimate of drug-likeness (QED) is 0.631. The van der Waals surface area contributed by atoms with Crippen LogP contribution in [0, 0.1) is 16.3 Å². The van der Waals surface area contributed by atoms with Gasteiger partial charge >= 0.3 is 0 Å². The number of benzene rings is 1. The highest BCUT2D eigenvalue weighted by atomic mass is 127. The third kappa shape index (κ3) is 2.80. The fourth-order valence-electron chi connectivity index (χ4n) is 0.922. The minimum Gasteiger partial charge on any atom is -0.466 e. The molecule has 1 aromatic rings. The van der Waals surface area contributed by atoms with Gasteiger partial charge in [-0.1, -0.05) is 0 Å². The van der Waals surface area contributed by atoms with Gasteiger partial charge in [0.05, 0.1) is 3.57 Å². The molecule has 1 aromatic carbocycles. The standard InChI is InChI=1S/C9H10FIO2/c1-6-3-7(10)4-8(9(6)11)13-5-12-2/h3-4H,5H2,1-2H3. The van der Waals surface area contributed by atoms with E-state index in [0.29, 0.717) is 5.75 Å². The van der Waals surface area contributed by atoms with Gasteiger partial charge in [0, 0.05) is 13.2 Å². The zero-order chi connectivity index (χ0) is 9.84. The summed E-state index contributed by atoms with van der Waals surface area (Å²) in [6.07, 6.45) is 0. The van der Waals surface area contributed by atoms with Crippen LogP contribution >= 0.6 is 22.6 Å². The van der Waals surface area contributed by atoms with E-state index in [2.05, 4.69) is 22.6 Å². The van der Waals surface area contributed by atoms with Crippen molar-refractivity contribution in [3.05, 3.63) is 27.1 Å². The highest BCUT2D eigenvalue weighted by Gasteiger charge is 2.06. The number of aryl methyl sites for hydroxylation is 1. The van der Waals surface area contributed by atoms with Crippen molar-refractivity contribution in [3.8, 4) is 5.75 Å². The van der Waals surface area contributed by atoms with E-state index in [1.807, 2.05) is 6.92 Å². The molecule has 13 heavy (non-hydrogen) atoms. The predicted octanol–water partition coefficient (Wildman–Crippen LogP) is 2.72. The molecule has 0 spiro atoms. The van der Waals surface area contributed by atoms with Crippen LogP contribution in [0.5, 0.6) is 5.75 Å². The van der Waals surface area contributed by atoms with Crippen LogP contribution < -0.4 is 4.74 Å². The Balaban J connectivity index is 2.92. The van der Waals surface area contributed by atoms with Crippen LogP contribution in [-0.2, 0) is 4.74 Å². The van der Waals surface area contributed by atoms with E-state index >= 15 is 0 Å². The van der Waals surface area contributed by atoms with Crippen molar-refractivity contribution in [2.75, 3.05) is 13.9 Å². The molecule has 0 unspecified atom stereocenters. The summed E-state index contributed by atoms with van der Waals surface area (Å²) in [4.78, 5) is 0. The smallest absolute Gasteiger partial charge is 0.188 e. The maximum atomic E-state index is 12.9. The van der Waals surface area contributed by atoms with Gasteiger partial charge in [0.15, 0.2) is 6.79 Å². The molecule has 1 rings (SSSR count). The van der Waals surface area contributed by atoms with Crippen molar-refractivity contribution in [2.45, 2.75) is 6.92 Å². The Morgan fingerprint density at radius 1 is 1.46 bits per heavy atom. The van der Waals surface area contributed by atoms with Crippen LogP contribution in [0.3, 0.4) is 0 Å². The molecule has 0 radical (unpaired) electrons. The number of hydrogen-bond donors (Lipinski definition) is 0. The van der Waals surface area contributed by atoms with Gasteiger partial charge < -0.3 is 9.47 Å². The predicted molar refractivity (Wildman–Crippen MR) is 56.4 cm³/mol. The van der Waals surface area contributed by atoms with Gasteiger partial charge in [0.2, 0.25) is 0 Å². The fraction of sp³-hybridized carbons (Fsp3) is 0.333. The SMILES string of the molecule is COCOc1cc(F)cc(C)c1I. The van der Waals surface area contributed by atoms with Gasteiger partial charge in [-0.2, -0.15) is 0 Å². The fourth-order valence-corrected chi connectivity index (χ4v) is 1.39. The maximum Gasteiger partial charge on any atom is 0.188 e. The highest BCUT2D eigenvalue weighted by Crippen LogP contribution is 2.25. The summed E-state index contributed by atoms with van der Waals surface area (Å²) in [5.74, 6) is 0.240. The molecule has 0 N–H and O–H groups in total. The van der Waals surface area contributed by atoms with E-state index in [0.717, 1.165) is 9.13 Å². The molecule has 0 saturated heterocycles. The molecule has 0 atom stereocenters. The topological polar surface area (TPSA) is 18.5 Å². The normalized spacial score (nSPS) is 10.2. The second-order valence-electron chi connectivity index (χ2n) is 2.59. The number of rotatable bonds is 3. The van der Waals surface area contributed by atoms with Crippen molar-refractivity contribution in [2.24, 2.45) is 0 Å². The molecule has 0 aliphatic carbocycles. The summed E-state index contributed by atoms with van der Waals surface area (Å²) < 4.78 is 23.7. The van der Waals surface area contributed by atoms with Crippen LogP contribution in [-0.4, -0.2) is 13.9 Å². The molecular formula is C9H10FIO2. The monoisotopic (exact) mass is 296 g/mol. The van der Waals surface area contributed by atoms with Crippen molar-refractivity contribution < 1.29 is 13.9 Å². The molecule has 4 heteroatoms. The zero-order valence-electron chi connectivity index (χ0n) is 7.43. The van der Waals surface area contributed by atoms with Gasteiger partial charge in [-0.05, 0) is 41.1 Å². The third-order valence-electron chi connectivity index (χ3n) is 1.52. The summed E-state index contributed by atoms with van der Waals surface area (Å²) in [5.41, 5.74) is 0.867. The van der Waals surface area contributed by atoms with Crippen LogP contribution in [0.25, 0.3) is 0 Å². The van der Waals surface area contributed by atoms with Gasteiger partial charge in [-0.25, -0.2) is 4.39 Å². The Morgan fingerprint density at radius 3 is 2.77 bits per heavy atom. The maximum absolute atomic E-state index is 12.9. The summed E-state index contributed by atoms with van der Waals surface area (Å²) in [5, 5.41) is 0. The molecule has 0 aromatic heterocycles. The summed E-state index contributed by atoms with van der Waals surface area (Å²) in [6, 6.07) is 2.83. The summed E-state index contributed by atoms with van der Waals surface area (Å²) in [7, 11) is 1.53. The third-order valence-corrected chi connectivity index (χ3v) is 2.90. The lowest BCUT2D eigenvalue weighted by Crippen LogP contribution is -2.01. The Bertz CT molecular complexity index is 302. The number of halogens is 2. The Labute approximate surface area is 90.2 Å². The number of methoxy groups -OCH3 is 1. The van der Waals surface area contributed by atoms with E-state index < -0.39 is 0 Å². The van der Waals surface area contributed by atoms with Crippen LogP contribution in [0.2, 0.25) is 0 Å². The van der Waals surface area contributed by atoms with E-state index in [9.17, 15) is 4.39 Å². The number of hydrogen-bond acceptors (Lipinski definition) is 2. The second-order valence-corrected chi connectivity index (χ2v) is 3.66. The lowest BCUT2D eigenvalue weighted by molar-refractivity contribution is 0.0502. The lowest BCUT2D eigenvalue weighted by Gasteiger charge is -2.08. The molecule has 0 bridgehead atoms. The van der Waals surface area contributed by atoms with Gasteiger partial charge in [0.1, 0.15) is 11.6 Å². The van der Waals surface area contributed by atoms with Crippen molar-refractivity contribution in [1.29, 1.82) is 0 Å².